The first-order valence-corrected chi connectivity index (χ1v) is 19.8. The number of fused-ring (bicyclic) bond motifs is 1. The number of pyridine rings is 1. The molecule has 43 heavy (non-hydrogen) atoms. The topological polar surface area (TPSA) is 89.0 Å². The van der Waals surface area contributed by atoms with Crippen molar-refractivity contribution < 1.29 is 23.9 Å². The lowest BCUT2D eigenvalue weighted by molar-refractivity contribution is -0.158. The van der Waals surface area contributed by atoms with E-state index in [4.69, 9.17) is 9.47 Å². The molecule has 2 unspecified atom stereocenters. The summed E-state index contributed by atoms with van der Waals surface area (Å²) >= 11 is 0. The van der Waals surface area contributed by atoms with E-state index < -0.39 is 14.1 Å². The fourth-order valence-electron chi connectivity index (χ4n) is 7.33. The summed E-state index contributed by atoms with van der Waals surface area (Å²) < 4.78 is 12.4. The summed E-state index contributed by atoms with van der Waals surface area (Å²) in [5.74, 6) is 1.94. The van der Waals surface area contributed by atoms with Gasteiger partial charge < -0.3 is 14.4 Å². The molecule has 4 aliphatic rings. The number of hydrogen-bond donors (Lipinski definition) is 0. The normalized spacial score (nSPS) is 27.7. The van der Waals surface area contributed by atoms with Crippen LogP contribution in [0, 0.1) is 11.8 Å². The summed E-state index contributed by atoms with van der Waals surface area (Å²) in [5, 5.41) is 0. The van der Waals surface area contributed by atoms with E-state index in [1.165, 1.54) is 42.6 Å². The predicted octanol–water partition coefficient (Wildman–Crippen LogP) is 6.00. The smallest absolute Gasteiger partial charge is 0.255 e. The van der Waals surface area contributed by atoms with Crippen molar-refractivity contribution in [2.24, 2.45) is 11.8 Å². The van der Waals surface area contributed by atoms with E-state index in [1.54, 1.807) is 4.90 Å². The van der Waals surface area contributed by atoms with Crippen LogP contribution in [0.5, 0.6) is 5.75 Å². The first kappa shape index (κ1) is 30.0. The Hall–Kier alpha value is -3.04. The molecule has 2 aromatic rings. The van der Waals surface area contributed by atoms with Gasteiger partial charge >= 0.3 is 0 Å². The number of hydrogen-bond acceptors (Lipinski definition) is 6. The van der Waals surface area contributed by atoms with Crippen molar-refractivity contribution in [3.05, 3.63) is 59.4 Å². The van der Waals surface area contributed by atoms with Gasteiger partial charge in [0.25, 0.3) is 11.8 Å². The molecule has 6 rings (SSSR count). The van der Waals surface area contributed by atoms with Gasteiger partial charge in [0.2, 0.25) is 5.91 Å². The minimum atomic E-state index is -1.28. The monoisotopic (exact) mass is 603 g/mol. The number of rotatable bonds is 10. The van der Waals surface area contributed by atoms with Gasteiger partial charge in [-0.1, -0.05) is 26.1 Å². The zero-order valence-electron chi connectivity index (χ0n) is 25.8. The summed E-state index contributed by atoms with van der Waals surface area (Å²) in [7, 11) is -1.28. The highest BCUT2D eigenvalue weighted by Crippen LogP contribution is 2.49. The molecule has 2 aliphatic heterocycles. The second-order valence-corrected chi connectivity index (χ2v) is 19.7. The van der Waals surface area contributed by atoms with Gasteiger partial charge in [0.15, 0.2) is 0 Å². The van der Waals surface area contributed by atoms with E-state index in [-0.39, 0.29) is 37.0 Å². The molecule has 1 aromatic carbocycles. The number of imide groups is 1. The molecule has 0 bridgehead atoms. The predicted molar refractivity (Wildman–Crippen MR) is 166 cm³/mol. The second kappa shape index (κ2) is 12.5. The van der Waals surface area contributed by atoms with Crippen LogP contribution in [-0.2, 0) is 20.9 Å². The molecule has 0 N–H and O–H groups in total. The average Bonchev–Trinajstić information content (AvgIpc) is 3.28. The fourth-order valence-corrected chi connectivity index (χ4v) is 8.09. The van der Waals surface area contributed by atoms with E-state index in [9.17, 15) is 14.4 Å². The summed E-state index contributed by atoms with van der Waals surface area (Å²) in [6, 6.07) is 10.4. The molecule has 3 heterocycles. The summed E-state index contributed by atoms with van der Waals surface area (Å²) in [6.07, 6.45) is 11.7. The fraction of sp³-hybridized carbons (Fsp3) is 0.588. The molecule has 9 heteroatoms. The maximum absolute atomic E-state index is 13.4. The molecule has 2 aliphatic carbocycles. The standard InChI is InChI=1S/C34H45N3O5Si/c1-43(2,3)17-16-41-22-37-32(38)11-10-30(34(37)40)36-21-26-20-27(8-9-29(26)33(36)39)42-31-7-5-4-6-28(31)25-18-24(19-25)23-12-14-35-15-13-23/h8-9,12-15,20,24-25,28,30-31H,4-7,10-11,16-19,21-22H2,1-3H3/t24?,25?,28?,30?,31-/m0/s1. The molecule has 3 amide bonds. The lowest BCUT2D eigenvalue weighted by Gasteiger charge is -2.45. The van der Waals surface area contributed by atoms with Crippen molar-refractivity contribution in [2.45, 2.75) is 102 Å². The molecule has 3 fully saturated rings. The first-order chi connectivity index (χ1) is 20.7. The Labute approximate surface area is 256 Å². The molecule has 1 saturated heterocycles. The van der Waals surface area contributed by atoms with Crippen molar-refractivity contribution in [3.8, 4) is 5.75 Å². The molecular formula is C34H45N3O5Si. The Bertz CT molecular complexity index is 1340. The van der Waals surface area contributed by atoms with Crippen molar-refractivity contribution in [2.75, 3.05) is 13.3 Å². The minimum absolute atomic E-state index is 0.0432. The van der Waals surface area contributed by atoms with Crippen LogP contribution in [0.25, 0.3) is 0 Å². The van der Waals surface area contributed by atoms with Crippen LogP contribution in [0.15, 0.2) is 42.7 Å². The lowest BCUT2D eigenvalue weighted by atomic mass is 9.62. The van der Waals surface area contributed by atoms with Gasteiger partial charge in [-0.25, -0.2) is 0 Å². The molecular weight excluding hydrogens is 558 g/mol. The number of carbonyl (C=O) groups is 3. The highest BCUT2D eigenvalue weighted by atomic mass is 28.3. The third-order valence-electron chi connectivity index (χ3n) is 9.98. The summed E-state index contributed by atoms with van der Waals surface area (Å²) in [6.45, 7) is 7.62. The van der Waals surface area contributed by atoms with Gasteiger partial charge in [-0.15, -0.1) is 0 Å². The van der Waals surface area contributed by atoms with Gasteiger partial charge in [-0.2, -0.15) is 0 Å². The van der Waals surface area contributed by atoms with Gasteiger partial charge in [0.1, 0.15) is 24.6 Å². The maximum atomic E-state index is 13.4. The highest BCUT2D eigenvalue weighted by Gasteiger charge is 2.44. The van der Waals surface area contributed by atoms with Crippen molar-refractivity contribution in [3.63, 3.8) is 0 Å². The maximum Gasteiger partial charge on any atom is 0.255 e. The van der Waals surface area contributed by atoms with Crippen LogP contribution < -0.4 is 4.74 Å². The SMILES string of the molecule is C[Si](C)(C)CCOCN1C(=O)CCC(N2Cc3cc(O[C@H]4CCCCC4C4CC(c5ccncc5)C4)ccc3C2=O)C1=O. The van der Waals surface area contributed by atoms with E-state index in [1.807, 2.05) is 30.6 Å². The van der Waals surface area contributed by atoms with E-state index in [0.29, 0.717) is 42.9 Å². The molecule has 0 spiro atoms. The summed E-state index contributed by atoms with van der Waals surface area (Å²) in [4.78, 5) is 46.4. The van der Waals surface area contributed by atoms with Crippen LogP contribution in [0.4, 0.5) is 0 Å². The van der Waals surface area contributed by atoms with E-state index in [2.05, 4.69) is 36.8 Å². The number of amides is 3. The number of carbonyl (C=O) groups excluding carboxylic acids is 3. The van der Waals surface area contributed by atoms with Gasteiger partial charge in [0.05, 0.1) is 0 Å². The number of ether oxygens (including phenoxy) is 2. The summed E-state index contributed by atoms with van der Waals surface area (Å²) in [5.41, 5.74) is 2.90. The Morgan fingerprint density at radius 2 is 1.74 bits per heavy atom. The Morgan fingerprint density at radius 1 is 0.977 bits per heavy atom. The number of piperidine rings is 1. The van der Waals surface area contributed by atoms with Crippen molar-refractivity contribution in [1.82, 2.24) is 14.8 Å². The number of benzene rings is 1. The van der Waals surface area contributed by atoms with E-state index in [0.717, 1.165) is 23.8 Å². The highest BCUT2D eigenvalue weighted by molar-refractivity contribution is 6.76. The van der Waals surface area contributed by atoms with Crippen LogP contribution in [-0.4, -0.2) is 66.1 Å². The Balaban J connectivity index is 1.07. The molecule has 0 radical (unpaired) electrons. The van der Waals surface area contributed by atoms with Crippen LogP contribution in [0.1, 0.15) is 78.8 Å². The first-order valence-electron chi connectivity index (χ1n) is 16.1. The molecule has 3 atom stereocenters. The van der Waals surface area contributed by atoms with Gasteiger partial charge in [0, 0.05) is 45.6 Å². The van der Waals surface area contributed by atoms with Crippen molar-refractivity contribution >= 4 is 25.8 Å². The van der Waals surface area contributed by atoms with Crippen LogP contribution in [0.2, 0.25) is 25.7 Å². The molecule has 1 aromatic heterocycles. The van der Waals surface area contributed by atoms with E-state index >= 15 is 0 Å². The Morgan fingerprint density at radius 3 is 2.51 bits per heavy atom. The molecule has 8 nitrogen and oxygen atoms in total. The Kier molecular flexibility index (Phi) is 8.74. The number of nitrogens with zero attached hydrogens (tertiary/aromatic N) is 3. The second-order valence-electron chi connectivity index (χ2n) is 14.1. The zero-order valence-corrected chi connectivity index (χ0v) is 26.8. The molecule has 2 saturated carbocycles. The molecule has 230 valence electrons. The third-order valence-corrected chi connectivity index (χ3v) is 11.7. The number of likely N-dealkylation sites (tertiary alicyclic amines) is 1. The quantitative estimate of drug-likeness (QED) is 0.188. The van der Waals surface area contributed by atoms with Crippen LogP contribution >= 0.6 is 0 Å². The lowest BCUT2D eigenvalue weighted by Crippen LogP contribution is -2.55. The minimum Gasteiger partial charge on any atom is -0.490 e. The van der Waals surface area contributed by atoms with Crippen LogP contribution in [0.3, 0.4) is 0 Å². The average molecular weight is 604 g/mol. The van der Waals surface area contributed by atoms with Gasteiger partial charge in [-0.05, 0) is 104 Å². The van der Waals surface area contributed by atoms with Gasteiger partial charge in [-0.3, -0.25) is 24.3 Å². The number of aromatic nitrogens is 1. The zero-order chi connectivity index (χ0) is 30.1. The largest absolute Gasteiger partial charge is 0.490 e. The van der Waals surface area contributed by atoms with Crippen molar-refractivity contribution in [1.29, 1.82) is 0 Å². The third kappa shape index (κ3) is 6.58.